The zero-order chi connectivity index (χ0) is 10.3. The van der Waals surface area contributed by atoms with Crippen molar-refractivity contribution in [2.45, 2.75) is 0 Å². The summed E-state index contributed by atoms with van der Waals surface area (Å²) in [5.41, 5.74) is 0.887. The molecular weight excluding hydrogens is 188 g/mol. The normalized spacial score (nSPS) is 9.33. The summed E-state index contributed by atoms with van der Waals surface area (Å²) in [5, 5.41) is 4.00. The van der Waals surface area contributed by atoms with Gasteiger partial charge >= 0.3 is 0 Å². The molecule has 4 nitrogen and oxygen atoms in total. The van der Waals surface area contributed by atoms with Crippen LogP contribution in [-0.4, -0.2) is 19.6 Å². The van der Waals surface area contributed by atoms with Crippen LogP contribution in [0.2, 0.25) is 0 Å². The van der Waals surface area contributed by atoms with E-state index >= 15 is 0 Å². The molecule has 4 heteroatoms. The van der Waals surface area contributed by atoms with Gasteiger partial charge in [-0.1, -0.05) is 6.07 Å². The maximum absolute atomic E-state index is 4.02. The molecule has 0 radical (unpaired) electrons. The third-order valence-electron chi connectivity index (χ3n) is 1.74. The van der Waals surface area contributed by atoms with Crippen molar-refractivity contribution in [1.29, 1.82) is 0 Å². The predicted octanol–water partition coefficient (Wildman–Crippen LogP) is 1.81. The summed E-state index contributed by atoms with van der Waals surface area (Å²) < 4.78 is 1.72. The molecule has 3 rings (SSSR count). The first-order chi connectivity index (χ1) is 7.47. The molecule has 0 saturated carbocycles. The third kappa shape index (κ3) is 2.60. The average Bonchev–Trinajstić information content (AvgIpc) is 2.80. The number of fused-ring (bicyclic) bond motifs is 1. The SMILES string of the molecule is c1ccncc1.c1cnn2ccnc2c1. The van der Waals surface area contributed by atoms with Crippen molar-refractivity contribution >= 4 is 5.65 Å². The number of rotatable bonds is 0. The van der Waals surface area contributed by atoms with E-state index in [1.165, 1.54) is 0 Å². The molecule has 0 bridgehead atoms. The third-order valence-corrected chi connectivity index (χ3v) is 1.74. The maximum atomic E-state index is 4.02. The monoisotopic (exact) mass is 198 g/mol. The fourth-order valence-corrected chi connectivity index (χ4v) is 1.08. The first kappa shape index (κ1) is 9.33. The second-order valence-corrected chi connectivity index (χ2v) is 2.78. The summed E-state index contributed by atoms with van der Waals surface area (Å²) in [6.45, 7) is 0. The molecule has 3 aromatic heterocycles. The van der Waals surface area contributed by atoms with Crippen LogP contribution in [0.3, 0.4) is 0 Å². The van der Waals surface area contributed by atoms with Gasteiger partial charge in [-0.2, -0.15) is 5.10 Å². The van der Waals surface area contributed by atoms with Crippen molar-refractivity contribution in [2.24, 2.45) is 0 Å². The minimum absolute atomic E-state index is 0.887. The van der Waals surface area contributed by atoms with E-state index in [1.54, 1.807) is 29.3 Å². The van der Waals surface area contributed by atoms with Crippen molar-refractivity contribution in [3.05, 3.63) is 61.3 Å². The summed E-state index contributed by atoms with van der Waals surface area (Å²) in [6.07, 6.45) is 8.77. The summed E-state index contributed by atoms with van der Waals surface area (Å²) in [4.78, 5) is 7.80. The Balaban J connectivity index is 0.000000124. The first-order valence-corrected chi connectivity index (χ1v) is 4.56. The molecule has 0 amide bonds. The zero-order valence-electron chi connectivity index (χ0n) is 8.06. The van der Waals surface area contributed by atoms with E-state index in [0.29, 0.717) is 0 Å². The van der Waals surface area contributed by atoms with E-state index in [9.17, 15) is 0 Å². The molecule has 0 spiro atoms. The van der Waals surface area contributed by atoms with Gasteiger partial charge in [-0.25, -0.2) is 9.50 Å². The number of nitrogens with zero attached hydrogens (tertiary/aromatic N) is 4. The van der Waals surface area contributed by atoms with E-state index < -0.39 is 0 Å². The molecule has 0 saturated heterocycles. The van der Waals surface area contributed by atoms with Crippen LogP contribution in [0.4, 0.5) is 0 Å². The van der Waals surface area contributed by atoms with Gasteiger partial charge in [0.15, 0.2) is 5.65 Å². The van der Waals surface area contributed by atoms with Crippen LogP contribution in [0, 0.1) is 0 Å². The number of hydrogen-bond acceptors (Lipinski definition) is 3. The van der Waals surface area contributed by atoms with Gasteiger partial charge in [0, 0.05) is 31.0 Å². The van der Waals surface area contributed by atoms with Crippen molar-refractivity contribution < 1.29 is 0 Å². The Bertz CT molecular complexity index is 447. The lowest BCUT2D eigenvalue weighted by atomic mass is 10.5. The molecule has 3 heterocycles. The van der Waals surface area contributed by atoms with Crippen molar-refractivity contribution in [1.82, 2.24) is 19.6 Å². The van der Waals surface area contributed by atoms with Crippen LogP contribution in [-0.2, 0) is 0 Å². The quantitative estimate of drug-likeness (QED) is 0.553. The molecule has 0 aromatic carbocycles. The Labute approximate surface area is 87.2 Å². The molecule has 0 N–H and O–H groups in total. The molecule has 0 aliphatic carbocycles. The smallest absolute Gasteiger partial charge is 0.153 e. The fraction of sp³-hybridized carbons (Fsp3) is 0. The van der Waals surface area contributed by atoms with Crippen LogP contribution in [0.1, 0.15) is 0 Å². The van der Waals surface area contributed by atoms with Crippen molar-refractivity contribution in [2.75, 3.05) is 0 Å². The molecule has 0 aliphatic rings. The standard InChI is InChI=1S/C6H5N3.C5H5N/c1-2-6-7-4-5-9(6)8-3-1;1-2-4-6-5-3-1/h1-5H;1-5H. The van der Waals surface area contributed by atoms with Gasteiger partial charge in [-0.05, 0) is 24.3 Å². The minimum Gasteiger partial charge on any atom is -0.265 e. The highest BCUT2D eigenvalue weighted by Crippen LogP contribution is 1.93. The number of hydrogen-bond donors (Lipinski definition) is 0. The Kier molecular flexibility index (Phi) is 3.02. The lowest BCUT2D eigenvalue weighted by Crippen LogP contribution is -1.85. The van der Waals surface area contributed by atoms with Crippen LogP contribution in [0.5, 0.6) is 0 Å². The Hall–Kier alpha value is -2.23. The highest BCUT2D eigenvalue weighted by atomic mass is 15.2. The lowest BCUT2D eigenvalue weighted by molar-refractivity contribution is 0.936. The van der Waals surface area contributed by atoms with Gasteiger partial charge < -0.3 is 0 Å². The molecule has 3 aromatic rings. The topological polar surface area (TPSA) is 43.1 Å². The number of aromatic nitrogens is 4. The summed E-state index contributed by atoms with van der Waals surface area (Å²) >= 11 is 0. The molecule has 15 heavy (non-hydrogen) atoms. The average molecular weight is 198 g/mol. The fourth-order valence-electron chi connectivity index (χ4n) is 1.08. The number of pyridine rings is 1. The van der Waals surface area contributed by atoms with E-state index in [-0.39, 0.29) is 0 Å². The van der Waals surface area contributed by atoms with Gasteiger partial charge in [-0.3, -0.25) is 4.98 Å². The van der Waals surface area contributed by atoms with Crippen molar-refractivity contribution in [3.8, 4) is 0 Å². The van der Waals surface area contributed by atoms with E-state index in [4.69, 9.17) is 0 Å². The number of imidazole rings is 1. The van der Waals surface area contributed by atoms with Gasteiger partial charge in [0.05, 0.1) is 0 Å². The van der Waals surface area contributed by atoms with Crippen molar-refractivity contribution in [3.63, 3.8) is 0 Å². The molecule has 0 unspecified atom stereocenters. The maximum Gasteiger partial charge on any atom is 0.153 e. The Morgan fingerprint density at radius 3 is 2.33 bits per heavy atom. The highest BCUT2D eigenvalue weighted by molar-refractivity contribution is 5.34. The summed E-state index contributed by atoms with van der Waals surface area (Å²) in [5.74, 6) is 0. The van der Waals surface area contributed by atoms with E-state index in [1.807, 2.05) is 36.5 Å². The predicted molar refractivity (Wildman–Crippen MR) is 57.2 cm³/mol. The van der Waals surface area contributed by atoms with Gasteiger partial charge in [0.25, 0.3) is 0 Å². The molecule has 74 valence electrons. The minimum atomic E-state index is 0.887. The Morgan fingerprint density at radius 2 is 1.73 bits per heavy atom. The Morgan fingerprint density at radius 1 is 0.867 bits per heavy atom. The second-order valence-electron chi connectivity index (χ2n) is 2.78. The van der Waals surface area contributed by atoms with Crippen LogP contribution >= 0.6 is 0 Å². The summed E-state index contributed by atoms with van der Waals surface area (Å²) in [6, 6.07) is 9.49. The van der Waals surface area contributed by atoms with E-state index in [0.717, 1.165) is 5.65 Å². The summed E-state index contributed by atoms with van der Waals surface area (Å²) in [7, 11) is 0. The van der Waals surface area contributed by atoms with E-state index in [2.05, 4.69) is 15.1 Å². The van der Waals surface area contributed by atoms with Crippen LogP contribution < -0.4 is 0 Å². The zero-order valence-corrected chi connectivity index (χ0v) is 8.06. The highest BCUT2D eigenvalue weighted by Gasteiger charge is 1.86. The largest absolute Gasteiger partial charge is 0.265 e. The first-order valence-electron chi connectivity index (χ1n) is 4.56. The molecule has 0 aliphatic heterocycles. The van der Waals surface area contributed by atoms with Crippen LogP contribution in [0.15, 0.2) is 61.3 Å². The molecule has 0 atom stereocenters. The van der Waals surface area contributed by atoms with Gasteiger partial charge in [-0.15, -0.1) is 0 Å². The molecular formula is C11H10N4. The van der Waals surface area contributed by atoms with Gasteiger partial charge in [0.1, 0.15) is 0 Å². The second kappa shape index (κ2) is 4.85. The lowest BCUT2D eigenvalue weighted by Gasteiger charge is -1.85. The van der Waals surface area contributed by atoms with Gasteiger partial charge in [0.2, 0.25) is 0 Å². The van der Waals surface area contributed by atoms with Crippen LogP contribution in [0.25, 0.3) is 5.65 Å². The molecule has 0 fully saturated rings.